The molecule has 0 saturated carbocycles. The maximum Gasteiger partial charge on any atom is 0.253 e. The predicted octanol–water partition coefficient (Wildman–Crippen LogP) is 0.963. The molecule has 0 radical (unpaired) electrons. The number of hydrogen-bond donors (Lipinski definition) is 2. The van der Waals surface area contributed by atoms with Gasteiger partial charge in [0.15, 0.2) is 0 Å². The van der Waals surface area contributed by atoms with Crippen LogP contribution in [0.2, 0.25) is 0 Å². The predicted molar refractivity (Wildman–Crippen MR) is 83.6 cm³/mol. The quantitative estimate of drug-likeness (QED) is 0.740. The molecule has 0 aromatic heterocycles. The molecule has 6 heteroatoms. The molecule has 2 fully saturated rings. The van der Waals surface area contributed by atoms with Crippen LogP contribution in [-0.4, -0.2) is 64.8 Å². The topological polar surface area (TPSA) is 79.2 Å². The molecule has 0 aromatic carbocycles. The number of fused-ring (bicyclic) bond motifs is 3. The number of aliphatic hydroxyl groups is 2. The van der Waals surface area contributed by atoms with E-state index in [1.165, 1.54) is 7.11 Å². The molecule has 6 nitrogen and oxygen atoms in total. The van der Waals surface area contributed by atoms with Crippen molar-refractivity contribution in [1.82, 2.24) is 4.90 Å². The summed E-state index contributed by atoms with van der Waals surface area (Å²) in [5.41, 5.74) is 0.870. The average Bonchev–Trinajstić information content (AvgIpc) is 2.84. The molecule has 4 atom stereocenters. The first kappa shape index (κ1) is 16.9. The number of carbonyl (C=O) groups is 1. The van der Waals surface area contributed by atoms with Crippen LogP contribution in [0.15, 0.2) is 11.1 Å². The summed E-state index contributed by atoms with van der Waals surface area (Å²) in [5.74, 6) is -1.49. The molecule has 0 aromatic rings. The lowest BCUT2D eigenvalue weighted by molar-refractivity contribution is -0.279. The first-order valence-electron chi connectivity index (χ1n) is 8.53. The van der Waals surface area contributed by atoms with Crippen LogP contribution in [0.25, 0.3) is 0 Å². The Kier molecular flexibility index (Phi) is 4.29. The summed E-state index contributed by atoms with van der Waals surface area (Å²) in [5, 5.41) is 21.3. The van der Waals surface area contributed by atoms with E-state index >= 15 is 0 Å². The van der Waals surface area contributed by atoms with Gasteiger partial charge in [0.05, 0.1) is 12.1 Å². The number of likely N-dealkylation sites (tertiary alicyclic amines) is 1. The highest BCUT2D eigenvalue weighted by atomic mass is 16.7. The van der Waals surface area contributed by atoms with Gasteiger partial charge in [0.2, 0.25) is 5.79 Å². The summed E-state index contributed by atoms with van der Waals surface area (Å²) in [6.45, 7) is 4.82. The fourth-order valence-corrected chi connectivity index (χ4v) is 4.48. The Bertz CT molecular complexity index is 533. The van der Waals surface area contributed by atoms with Crippen molar-refractivity contribution in [3.05, 3.63) is 11.1 Å². The average molecular weight is 325 g/mol. The van der Waals surface area contributed by atoms with Crippen LogP contribution < -0.4 is 0 Å². The molecule has 0 spiro atoms. The summed E-state index contributed by atoms with van der Waals surface area (Å²) in [4.78, 5) is 14.5. The van der Waals surface area contributed by atoms with Gasteiger partial charge in [0.1, 0.15) is 12.2 Å². The van der Waals surface area contributed by atoms with Gasteiger partial charge in [0, 0.05) is 24.8 Å². The van der Waals surface area contributed by atoms with Crippen molar-refractivity contribution in [3.8, 4) is 0 Å². The third-order valence-corrected chi connectivity index (χ3v) is 5.82. The van der Waals surface area contributed by atoms with E-state index in [1.807, 2.05) is 11.8 Å². The normalized spacial score (nSPS) is 44.6. The van der Waals surface area contributed by atoms with E-state index in [-0.39, 0.29) is 18.1 Å². The Morgan fingerprint density at radius 1 is 1.35 bits per heavy atom. The molecule has 2 N–H and O–H groups in total. The van der Waals surface area contributed by atoms with Gasteiger partial charge < -0.3 is 24.6 Å². The van der Waals surface area contributed by atoms with Gasteiger partial charge >= 0.3 is 0 Å². The van der Waals surface area contributed by atoms with Crippen molar-refractivity contribution in [1.29, 1.82) is 0 Å². The van der Waals surface area contributed by atoms with Crippen LogP contribution in [0.3, 0.4) is 0 Å². The van der Waals surface area contributed by atoms with Crippen LogP contribution in [0, 0.1) is 0 Å². The fourth-order valence-electron chi connectivity index (χ4n) is 4.48. The molecule has 130 valence electrons. The van der Waals surface area contributed by atoms with Gasteiger partial charge in [-0.1, -0.05) is 19.3 Å². The van der Waals surface area contributed by atoms with E-state index in [2.05, 4.69) is 6.92 Å². The molecule has 2 aliphatic heterocycles. The van der Waals surface area contributed by atoms with Crippen molar-refractivity contribution in [2.45, 2.75) is 69.5 Å². The van der Waals surface area contributed by atoms with E-state index in [0.717, 1.165) is 25.7 Å². The number of nitrogens with zero attached hydrogens (tertiary/aromatic N) is 1. The number of rotatable bonds is 2. The van der Waals surface area contributed by atoms with E-state index in [9.17, 15) is 15.0 Å². The minimum Gasteiger partial charge on any atom is -0.387 e. The molecule has 3 rings (SSSR count). The molecule has 2 bridgehead atoms. The van der Waals surface area contributed by atoms with Crippen molar-refractivity contribution in [3.63, 3.8) is 0 Å². The molecule has 2 heterocycles. The van der Waals surface area contributed by atoms with Gasteiger partial charge in [-0.05, 0) is 26.7 Å². The zero-order valence-electron chi connectivity index (χ0n) is 14.2. The molecule has 23 heavy (non-hydrogen) atoms. The highest BCUT2D eigenvalue weighted by Crippen LogP contribution is 2.48. The zero-order chi connectivity index (χ0) is 16.8. The maximum atomic E-state index is 12.6. The molecule has 2 saturated heterocycles. The van der Waals surface area contributed by atoms with Crippen LogP contribution in [0.4, 0.5) is 0 Å². The van der Waals surface area contributed by atoms with Crippen LogP contribution in [0.5, 0.6) is 0 Å². The van der Waals surface area contributed by atoms with E-state index in [4.69, 9.17) is 9.47 Å². The number of hydrogen-bond acceptors (Lipinski definition) is 5. The third kappa shape index (κ3) is 2.19. The minimum atomic E-state index is -1.46. The van der Waals surface area contributed by atoms with Crippen molar-refractivity contribution >= 4 is 5.91 Å². The van der Waals surface area contributed by atoms with Gasteiger partial charge in [-0.15, -0.1) is 0 Å². The van der Waals surface area contributed by atoms with Crippen molar-refractivity contribution < 1.29 is 24.5 Å². The summed E-state index contributed by atoms with van der Waals surface area (Å²) in [6, 6.07) is 0. The van der Waals surface area contributed by atoms with Crippen molar-refractivity contribution in [2.75, 3.05) is 20.3 Å². The standard InChI is InChI=1S/C17H27NO5/c1-4-18-15(21)13-11-10-23-17(22-3,14(11)20)12(19)8-6-5-7-9-16(13,18)2/h12,14,19-20H,4-10H2,1-3H3/b13-11-/t12-,14-,16+,17-/m0/s1. The SMILES string of the molecule is CCN1C(=O)/C2=C3\CO[C@@](OC)([C@@H](O)CCCCC[C@]21C)[C@H]3O. The number of amides is 1. The zero-order valence-corrected chi connectivity index (χ0v) is 14.2. The maximum absolute atomic E-state index is 12.6. The monoisotopic (exact) mass is 325 g/mol. The lowest BCUT2D eigenvalue weighted by Crippen LogP contribution is -2.65. The smallest absolute Gasteiger partial charge is 0.253 e. The Morgan fingerprint density at radius 2 is 2.09 bits per heavy atom. The Morgan fingerprint density at radius 3 is 2.74 bits per heavy atom. The van der Waals surface area contributed by atoms with Crippen LogP contribution in [-0.2, 0) is 14.3 Å². The van der Waals surface area contributed by atoms with E-state index < -0.39 is 18.0 Å². The first-order chi connectivity index (χ1) is 10.9. The molecule has 3 aliphatic rings. The molecular formula is C17H27NO5. The summed E-state index contributed by atoms with van der Waals surface area (Å²) < 4.78 is 11.1. The van der Waals surface area contributed by atoms with Gasteiger partial charge in [-0.3, -0.25) is 4.79 Å². The Hall–Kier alpha value is -0.950. The number of aliphatic hydroxyl groups excluding tert-OH is 2. The van der Waals surface area contributed by atoms with Gasteiger partial charge in [-0.25, -0.2) is 0 Å². The Balaban J connectivity index is 2.07. The highest BCUT2D eigenvalue weighted by molar-refractivity contribution is 6.04. The number of ether oxygens (including phenoxy) is 2. The number of methoxy groups -OCH3 is 1. The number of likely N-dealkylation sites (N-methyl/N-ethyl adjacent to an activating group) is 1. The summed E-state index contributed by atoms with van der Waals surface area (Å²) in [7, 11) is 1.43. The second-order valence-corrected chi connectivity index (χ2v) is 6.96. The lowest BCUT2D eigenvalue weighted by atomic mass is 9.73. The van der Waals surface area contributed by atoms with Crippen LogP contribution >= 0.6 is 0 Å². The lowest BCUT2D eigenvalue weighted by Gasteiger charge is -2.53. The molecular weight excluding hydrogens is 298 g/mol. The van der Waals surface area contributed by atoms with Crippen molar-refractivity contribution in [2.24, 2.45) is 0 Å². The van der Waals surface area contributed by atoms with Gasteiger partial charge in [-0.2, -0.15) is 0 Å². The third-order valence-electron chi connectivity index (χ3n) is 5.82. The highest BCUT2D eigenvalue weighted by Gasteiger charge is 2.59. The number of carbonyl (C=O) groups excluding carboxylic acids is 1. The first-order valence-corrected chi connectivity index (χ1v) is 8.53. The second kappa shape index (κ2) is 5.84. The van der Waals surface area contributed by atoms with E-state index in [0.29, 0.717) is 24.1 Å². The minimum absolute atomic E-state index is 0.0340. The Labute approximate surface area is 137 Å². The number of β-lactam (4-membered cyclic amide) rings is 1. The largest absolute Gasteiger partial charge is 0.387 e. The van der Waals surface area contributed by atoms with Gasteiger partial charge in [0.25, 0.3) is 5.91 Å². The molecule has 1 amide bonds. The fraction of sp³-hybridized carbons (Fsp3) is 0.824. The molecule has 1 aliphatic carbocycles. The second-order valence-electron chi connectivity index (χ2n) is 6.96. The van der Waals surface area contributed by atoms with Crippen LogP contribution in [0.1, 0.15) is 46.0 Å². The summed E-state index contributed by atoms with van der Waals surface area (Å²) >= 11 is 0. The summed E-state index contributed by atoms with van der Waals surface area (Å²) in [6.07, 6.45) is 2.14. The van der Waals surface area contributed by atoms with E-state index in [1.54, 1.807) is 0 Å². The molecule has 0 unspecified atom stereocenters.